The van der Waals surface area contributed by atoms with Crippen LogP contribution in [0.2, 0.25) is 0 Å². The van der Waals surface area contributed by atoms with E-state index in [4.69, 9.17) is 9.47 Å². The first-order valence-electron chi connectivity index (χ1n) is 6.43. The zero-order chi connectivity index (χ0) is 14.4. The van der Waals surface area contributed by atoms with E-state index in [1.807, 2.05) is 37.3 Å². The number of carbonyl (C=O) groups is 1. The zero-order valence-corrected chi connectivity index (χ0v) is 11.6. The lowest BCUT2D eigenvalue weighted by atomic mass is 10.1. The molecule has 0 spiro atoms. The van der Waals surface area contributed by atoms with Crippen LogP contribution in [-0.2, 0) is 4.74 Å². The second-order valence-electron chi connectivity index (χ2n) is 4.14. The molecule has 0 bridgehead atoms. The Kier molecular flexibility index (Phi) is 4.60. The van der Waals surface area contributed by atoms with Gasteiger partial charge < -0.3 is 14.8 Å². The van der Waals surface area contributed by atoms with Crippen LogP contribution in [0.5, 0.6) is 11.5 Å². The molecule has 4 heteroatoms. The molecule has 0 radical (unpaired) electrons. The molecular formula is C16H17NO3. The first-order valence-corrected chi connectivity index (χ1v) is 6.43. The Bertz CT molecular complexity index is 582. The van der Waals surface area contributed by atoms with Gasteiger partial charge in [0.25, 0.3) is 0 Å². The van der Waals surface area contributed by atoms with E-state index in [0.717, 1.165) is 5.75 Å². The van der Waals surface area contributed by atoms with Gasteiger partial charge in [-0.2, -0.15) is 0 Å². The summed E-state index contributed by atoms with van der Waals surface area (Å²) in [6.07, 6.45) is 0. The molecule has 2 rings (SSSR count). The van der Waals surface area contributed by atoms with Crippen molar-refractivity contribution in [3.63, 3.8) is 0 Å². The second kappa shape index (κ2) is 6.61. The van der Waals surface area contributed by atoms with Gasteiger partial charge in [0.2, 0.25) is 0 Å². The van der Waals surface area contributed by atoms with E-state index in [1.54, 1.807) is 18.2 Å². The van der Waals surface area contributed by atoms with Crippen molar-refractivity contribution in [2.75, 3.05) is 19.0 Å². The third-order valence-electron chi connectivity index (χ3n) is 2.74. The molecule has 0 saturated heterocycles. The van der Waals surface area contributed by atoms with Gasteiger partial charge in [0.05, 0.1) is 18.4 Å². The minimum atomic E-state index is -0.368. The molecular weight excluding hydrogens is 254 g/mol. The molecule has 4 nitrogen and oxygen atoms in total. The average Bonchev–Trinajstić information content (AvgIpc) is 2.48. The predicted octanol–water partition coefficient (Wildman–Crippen LogP) is 3.70. The van der Waals surface area contributed by atoms with Crippen LogP contribution in [0.4, 0.5) is 5.69 Å². The number of carbonyl (C=O) groups excluding carboxylic acids is 1. The third kappa shape index (κ3) is 3.29. The molecule has 0 aromatic heterocycles. The summed E-state index contributed by atoms with van der Waals surface area (Å²) >= 11 is 0. The summed E-state index contributed by atoms with van der Waals surface area (Å²) in [5.41, 5.74) is 1.20. The Hall–Kier alpha value is -2.49. The summed E-state index contributed by atoms with van der Waals surface area (Å²) in [4.78, 5) is 11.7. The maximum atomic E-state index is 11.7. The number of rotatable bonds is 5. The minimum Gasteiger partial charge on any atom is -0.465 e. The standard InChI is InChI=1S/C16H17NO3/c1-3-17-15-11-13(9-10-14(15)16(18)19-2)20-12-7-5-4-6-8-12/h4-11,17H,3H2,1-2H3. The van der Waals surface area contributed by atoms with E-state index in [0.29, 0.717) is 23.5 Å². The van der Waals surface area contributed by atoms with E-state index in [-0.39, 0.29) is 5.97 Å². The molecule has 2 aromatic carbocycles. The number of ether oxygens (including phenoxy) is 2. The lowest BCUT2D eigenvalue weighted by Crippen LogP contribution is -2.08. The Morgan fingerprint density at radius 1 is 1.10 bits per heavy atom. The molecule has 0 unspecified atom stereocenters. The second-order valence-corrected chi connectivity index (χ2v) is 4.14. The number of esters is 1. The Balaban J connectivity index is 2.27. The van der Waals surface area contributed by atoms with Gasteiger partial charge in [-0.1, -0.05) is 18.2 Å². The van der Waals surface area contributed by atoms with Gasteiger partial charge in [-0.3, -0.25) is 0 Å². The van der Waals surface area contributed by atoms with Crippen LogP contribution in [0.1, 0.15) is 17.3 Å². The maximum absolute atomic E-state index is 11.7. The third-order valence-corrected chi connectivity index (χ3v) is 2.74. The van der Waals surface area contributed by atoms with Crippen LogP contribution in [0.25, 0.3) is 0 Å². The Morgan fingerprint density at radius 3 is 2.50 bits per heavy atom. The number of methoxy groups -OCH3 is 1. The van der Waals surface area contributed by atoms with Crippen LogP contribution >= 0.6 is 0 Å². The first-order chi connectivity index (χ1) is 9.74. The minimum absolute atomic E-state index is 0.368. The highest BCUT2D eigenvalue weighted by molar-refractivity contribution is 5.95. The fraction of sp³-hybridized carbons (Fsp3) is 0.188. The number of hydrogen-bond donors (Lipinski definition) is 1. The highest BCUT2D eigenvalue weighted by Crippen LogP contribution is 2.27. The van der Waals surface area contributed by atoms with Gasteiger partial charge in [-0.05, 0) is 31.2 Å². The van der Waals surface area contributed by atoms with Crippen LogP contribution in [0.15, 0.2) is 48.5 Å². The zero-order valence-electron chi connectivity index (χ0n) is 11.6. The molecule has 0 aliphatic carbocycles. The fourth-order valence-electron chi connectivity index (χ4n) is 1.84. The number of nitrogens with one attached hydrogen (secondary N) is 1. The fourth-order valence-corrected chi connectivity index (χ4v) is 1.84. The highest BCUT2D eigenvalue weighted by atomic mass is 16.5. The summed E-state index contributed by atoms with van der Waals surface area (Å²) in [5.74, 6) is 1.05. The van der Waals surface area contributed by atoms with Crippen molar-refractivity contribution in [1.82, 2.24) is 0 Å². The molecule has 2 aromatic rings. The van der Waals surface area contributed by atoms with Gasteiger partial charge in [-0.25, -0.2) is 4.79 Å². The number of hydrogen-bond acceptors (Lipinski definition) is 4. The summed E-state index contributed by atoms with van der Waals surface area (Å²) in [6, 6.07) is 14.7. The van der Waals surface area contributed by atoms with Crippen molar-refractivity contribution in [1.29, 1.82) is 0 Å². The van der Waals surface area contributed by atoms with E-state index in [2.05, 4.69) is 5.32 Å². The average molecular weight is 271 g/mol. The highest BCUT2D eigenvalue weighted by Gasteiger charge is 2.12. The van der Waals surface area contributed by atoms with Crippen molar-refractivity contribution < 1.29 is 14.3 Å². The Labute approximate surface area is 118 Å². The molecule has 20 heavy (non-hydrogen) atoms. The smallest absolute Gasteiger partial charge is 0.339 e. The van der Waals surface area contributed by atoms with Gasteiger partial charge in [0.1, 0.15) is 11.5 Å². The number of anilines is 1. The summed E-state index contributed by atoms with van der Waals surface area (Å²) in [5, 5.41) is 3.14. The van der Waals surface area contributed by atoms with E-state index >= 15 is 0 Å². The van der Waals surface area contributed by atoms with Crippen molar-refractivity contribution in [3.05, 3.63) is 54.1 Å². The number of para-hydroxylation sites is 1. The van der Waals surface area contributed by atoms with Crippen LogP contribution in [0, 0.1) is 0 Å². The normalized spacial score (nSPS) is 9.90. The molecule has 1 N–H and O–H groups in total. The molecule has 0 aliphatic heterocycles. The van der Waals surface area contributed by atoms with Crippen LogP contribution in [-0.4, -0.2) is 19.6 Å². The maximum Gasteiger partial charge on any atom is 0.339 e. The topological polar surface area (TPSA) is 47.6 Å². The van der Waals surface area contributed by atoms with Crippen LogP contribution < -0.4 is 10.1 Å². The molecule has 0 heterocycles. The quantitative estimate of drug-likeness (QED) is 0.842. The first kappa shape index (κ1) is 13.9. The van der Waals surface area contributed by atoms with Crippen molar-refractivity contribution in [2.45, 2.75) is 6.92 Å². The largest absolute Gasteiger partial charge is 0.465 e. The van der Waals surface area contributed by atoms with E-state index < -0.39 is 0 Å². The summed E-state index contributed by atoms with van der Waals surface area (Å²) in [6.45, 7) is 2.67. The molecule has 0 aliphatic rings. The van der Waals surface area contributed by atoms with Crippen molar-refractivity contribution in [2.24, 2.45) is 0 Å². The van der Waals surface area contributed by atoms with Gasteiger partial charge in [0, 0.05) is 12.6 Å². The van der Waals surface area contributed by atoms with Crippen molar-refractivity contribution in [3.8, 4) is 11.5 Å². The molecule has 104 valence electrons. The van der Waals surface area contributed by atoms with E-state index in [1.165, 1.54) is 7.11 Å². The summed E-state index contributed by atoms with van der Waals surface area (Å²) < 4.78 is 10.5. The molecule has 0 amide bonds. The van der Waals surface area contributed by atoms with Gasteiger partial charge in [-0.15, -0.1) is 0 Å². The van der Waals surface area contributed by atoms with Crippen molar-refractivity contribution >= 4 is 11.7 Å². The number of benzene rings is 2. The Morgan fingerprint density at radius 2 is 1.85 bits per heavy atom. The lowest BCUT2D eigenvalue weighted by Gasteiger charge is -2.12. The summed E-state index contributed by atoms with van der Waals surface area (Å²) in [7, 11) is 1.37. The van der Waals surface area contributed by atoms with Crippen LogP contribution in [0.3, 0.4) is 0 Å². The monoisotopic (exact) mass is 271 g/mol. The molecule has 0 atom stereocenters. The predicted molar refractivity (Wildman–Crippen MR) is 78.5 cm³/mol. The van der Waals surface area contributed by atoms with E-state index in [9.17, 15) is 4.79 Å². The molecule has 0 fully saturated rings. The lowest BCUT2D eigenvalue weighted by molar-refractivity contribution is 0.0602. The molecule has 0 saturated carbocycles. The SMILES string of the molecule is CCNc1cc(Oc2ccccc2)ccc1C(=O)OC. The van der Waals surface area contributed by atoms with Gasteiger partial charge >= 0.3 is 5.97 Å². The van der Waals surface area contributed by atoms with Gasteiger partial charge in [0.15, 0.2) is 0 Å².